The lowest BCUT2D eigenvalue weighted by Crippen LogP contribution is -2.16. The van der Waals surface area contributed by atoms with Crippen LogP contribution in [0.25, 0.3) is 0 Å². The number of hydrazone groups is 1. The molecule has 20 heavy (non-hydrogen) atoms. The van der Waals surface area contributed by atoms with Crippen molar-refractivity contribution in [2.45, 2.75) is 6.92 Å². The molecule has 0 atom stereocenters. The van der Waals surface area contributed by atoms with Crippen LogP contribution >= 0.6 is 0 Å². The van der Waals surface area contributed by atoms with Gasteiger partial charge in [-0.05, 0) is 31.2 Å². The number of amidine groups is 1. The van der Waals surface area contributed by atoms with Crippen molar-refractivity contribution < 1.29 is 13.9 Å². The third-order valence-corrected chi connectivity index (χ3v) is 2.77. The zero-order valence-electron chi connectivity index (χ0n) is 11.6. The van der Waals surface area contributed by atoms with Gasteiger partial charge in [-0.25, -0.2) is 0 Å². The summed E-state index contributed by atoms with van der Waals surface area (Å²) in [6.07, 6.45) is 0. The molecule has 0 amide bonds. The monoisotopic (exact) mass is 275 g/mol. The molecule has 2 aromatic rings. The van der Waals surface area contributed by atoms with Gasteiger partial charge < -0.3 is 25.1 Å². The molecule has 0 aliphatic rings. The highest BCUT2D eigenvalue weighted by molar-refractivity contribution is 6.07. The second-order valence-corrected chi connectivity index (χ2v) is 4.05. The van der Waals surface area contributed by atoms with E-state index in [9.17, 15) is 0 Å². The van der Waals surface area contributed by atoms with Crippen LogP contribution in [-0.4, -0.2) is 20.1 Å². The number of anilines is 1. The Morgan fingerprint density at radius 3 is 2.25 bits per heavy atom. The second kappa shape index (κ2) is 6.01. The molecule has 1 aromatic carbocycles. The van der Waals surface area contributed by atoms with E-state index in [1.807, 2.05) is 31.2 Å². The van der Waals surface area contributed by atoms with E-state index in [1.165, 1.54) is 0 Å². The van der Waals surface area contributed by atoms with Crippen molar-refractivity contribution in [3.05, 3.63) is 41.9 Å². The SMILES string of the molecule is COc1cccc(OC)c1N/C(=N/N)c1ccc(C)o1. The first-order valence-electron chi connectivity index (χ1n) is 6.02. The van der Waals surface area contributed by atoms with Crippen LogP contribution in [-0.2, 0) is 0 Å². The van der Waals surface area contributed by atoms with Crippen LogP contribution in [0, 0.1) is 6.92 Å². The highest BCUT2D eigenvalue weighted by atomic mass is 16.5. The van der Waals surface area contributed by atoms with E-state index in [0.717, 1.165) is 5.76 Å². The molecule has 0 aliphatic heterocycles. The minimum absolute atomic E-state index is 0.390. The Bertz CT molecular complexity index is 598. The first-order valence-corrected chi connectivity index (χ1v) is 6.02. The predicted octanol–water partition coefficient (Wildman–Crippen LogP) is 2.34. The van der Waals surface area contributed by atoms with Crippen LogP contribution in [0.5, 0.6) is 11.5 Å². The molecule has 0 saturated carbocycles. The number of nitrogens with two attached hydrogens (primary N) is 1. The van der Waals surface area contributed by atoms with Crippen molar-refractivity contribution in [3.63, 3.8) is 0 Å². The molecule has 1 aromatic heterocycles. The number of hydrogen-bond donors (Lipinski definition) is 2. The number of methoxy groups -OCH3 is 2. The smallest absolute Gasteiger partial charge is 0.193 e. The summed E-state index contributed by atoms with van der Waals surface area (Å²) in [5.41, 5.74) is 0.635. The highest BCUT2D eigenvalue weighted by Crippen LogP contribution is 2.34. The van der Waals surface area contributed by atoms with Crippen molar-refractivity contribution in [1.82, 2.24) is 0 Å². The molecule has 106 valence electrons. The fourth-order valence-electron chi connectivity index (χ4n) is 1.81. The van der Waals surface area contributed by atoms with E-state index in [1.54, 1.807) is 20.3 Å². The summed E-state index contributed by atoms with van der Waals surface area (Å²) in [5, 5.41) is 6.80. The molecule has 0 spiro atoms. The van der Waals surface area contributed by atoms with Crippen LogP contribution in [0.1, 0.15) is 11.5 Å². The molecule has 0 bridgehead atoms. The lowest BCUT2D eigenvalue weighted by Gasteiger charge is -2.14. The first kappa shape index (κ1) is 13.8. The fourth-order valence-corrected chi connectivity index (χ4v) is 1.81. The number of rotatable bonds is 4. The van der Waals surface area contributed by atoms with Crippen molar-refractivity contribution in [2.24, 2.45) is 10.9 Å². The predicted molar refractivity (Wildman–Crippen MR) is 77.3 cm³/mol. The summed E-state index contributed by atoms with van der Waals surface area (Å²) < 4.78 is 16.1. The topological polar surface area (TPSA) is 82.0 Å². The molecular weight excluding hydrogens is 258 g/mol. The zero-order chi connectivity index (χ0) is 14.5. The lowest BCUT2D eigenvalue weighted by atomic mass is 10.2. The molecule has 6 nitrogen and oxygen atoms in total. The van der Waals surface area contributed by atoms with Crippen LogP contribution in [0.4, 0.5) is 5.69 Å². The van der Waals surface area contributed by atoms with Gasteiger partial charge in [-0.1, -0.05) is 6.07 Å². The summed E-state index contributed by atoms with van der Waals surface area (Å²) in [6.45, 7) is 1.85. The molecular formula is C14H17N3O3. The maximum Gasteiger partial charge on any atom is 0.193 e. The number of nitrogens with one attached hydrogen (secondary N) is 1. The van der Waals surface area contributed by atoms with Gasteiger partial charge in [-0.2, -0.15) is 5.10 Å². The Balaban J connectivity index is 2.37. The Kier molecular flexibility index (Phi) is 4.14. The average molecular weight is 275 g/mol. The van der Waals surface area contributed by atoms with Gasteiger partial charge in [0.2, 0.25) is 0 Å². The highest BCUT2D eigenvalue weighted by Gasteiger charge is 2.15. The summed E-state index contributed by atoms with van der Waals surface area (Å²) in [6, 6.07) is 9.08. The van der Waals surface area contributed by atoms with Crippen molar-refractivity contribution in [1.29, 1.82) is 0 Å². The average Bonchev–Trinajstić information content (AvgIpc) is 2.90. The van der Waals surface area contributed by atoms with E-state index in [2.05, 4.69) is 10.4 Å². The molecule has 0 fully saturated rings. The number of aryl methyl sites for hydroxylation is 1. The number of furan rings is 1. The quantitative estimate of drug-likeness (QED) is 0.387. The minimum Gasteiger partial charge on any atom is -0.494 e. The maximum atomic E-state index is 5.50. The molecule has 3 N–H and O–H groups in total. The van der Waals surface area contributed by atoms with Gasteiger partial charge in [-0.3, -0.25) is 0 Å². The molecule has 0 radical (unpaired) electrons. The van der Waals surface area contributed by atoms with Crippen LogP contribution in [0.2, 0.25) is 0 Å². The Hall–Kier alpha value is -2.63. The number of ether oxygens (including phenoxy) is 2. The van der Waals surface area contributed by atoms with Gasteiger partial charge in [0.25, 0.3) is 0 Å². The molecule has 6 heteroatoms. The number of nitrogens with zero attached hydrogens (tertiary/aromatic N) is 1. The minimum atomic E-state index is 0.390. The number of hydrogen-bond acceptors (Lipinski definition) is 5. The summed E-state index contributed by atoms with van der Waals surface area (Å²) >= 11 is 0. The van der Waals surface area contributed by atoms with E-state index in [0.29, 0.717) is 28.8 Å². The van der Waals surface area contributed by atoms with Crippen molar-refractivity contribution in [3.8, 4) is 11.5 Å². The van der Waals surface area contributed by atoms with Gasteiger partial charge in [0.1, 0.15) is 22.9 Å². The maximum absolute atomic E-state index is 5.50. The van der Waals surface area contributed by atoms with Crippen LogP contribution in [0.3, 0.4) is 0 Å². The Morgan fingerprint density at radius 1 is 1.15 bits per heavy atom. The zero-order valence-corrected chi connectivity index (χ0v) is 11.6. The summed E-state index contributed by atoms with van der Waals surface area (Å²) in [5.74, 6) is 8.37. The van der Waals surface area contributed by atoms with Gasteiger partial charge >= 0.3 is 0 Å². The van der Waals surface area contributed by atoms with E-state index < -0.39 is 0 Å². The lowest BCUT2D eigenvalue weighted by molar-refractivity contribution is 0.398. The second-order valence-electron chi connectivity index (χ2n) is 4.05. The summed E-state index contributed by atoms with van der Waals surface area (Å²) in [7, 11) is 3.16. The normalized spacial score (nSPS) is 11.2. The fraction of sp³-hybridized carbons (Fsp3) is 0.214. The third-order valence-electron chi connectivity index (χ3n) is 2.77. The molecule has 2 rings (SSSR count). The third kappa shape index (κ3) is 2.69. The molecule has 1 heterocycles. The molecule has 0 aliphatic carbocycles. The number of para-hydroxylation sites is 1. The van der Waals surface area contributed by atoms with Crippen molar-refractivity contribution >= 4 is 11.5 Å². The summed E-state index contributed by atoms with van der Waals surface area (Å²) in [4.78, 5) is 0. The molecule has 0 unspecified atom stereocenters. The Morgan fingerprint density at radius 2 is 1.80 bits per heavy atom. The van der Waals surface area contributed by atoms with E-state index >= 15 is 0 Å². The van der Waals surface area contributed by atoms with Crippen molar-refractivity contribution in [2.75, 3.05) is 19.5 Å². The molecule has 0 saturated heterocycles. The first-order chi connectivity index (χ1) is 9.69. The van der Waals surface area contributed by atoms with E-state index in [4.69, 9.17) is 19.7 Å². The van der Waals surface area contributed by atoms with Crippen LogP contribution < -0.4 is 20.6 Å². The van der Waals surface area contributed by atoms with Gasteiger partial charge in [0.05, 0.1) is 14.2 Å². The van der Waals surface area contributed by atoms with Gasteiger partial charge in [0.15, 0.2) is 11.6 Å². The van der Waals surface area contributed by atoms with E-state index in [-0.39, 0.29) is 0 Å². The van der Waals surface area contributed by atoms with Crippen LogP contribution in [0.15, 0.2) is 39.9 Å². The largest absolute Gasteiger partial charge is 0.494 e. The number of benzene rings is 1. The van der Waals surface area contributed by atoms with Gasteiger partial charge in [0, 0.05) is 0 Å². The Labute approximate surface area is 117 Å². The van der Waals surface area contributed by atoms with Gasteiger partial charge in [-0.15, -0.1) is 0 Å². The standard InChI is InChI=1S/C14H17N3O3/c1-9-7-8-12(20-9)14(17-15)16-13-10(18-2)5-4-6-11(13)19-3/h4-8H,15H2,1-3H3,(H,16,17).